The van der Waals surface area contributed by atoms with Gasteiger partial charge in [0, 0.05) is 15.8 Å². The number of aryl methyl sites for hydroxylation is 1. The van der Waals surface area contributed by atoms with Crippen molar-refractivity contribution in [3.8, 4) is 11.5 Å². The number of carbonyl (C=O) groups excluding carboxylic acids is 1. The molecule has 0 spiro atoms. The minimum absolute atomic E-state index is 0.101. The molecule has 0 saturated carbocycles. The summed E-state index contributed by atoms with van der Waals surface area (Å²) in [5.74, 6) is 0.579. The predicted octanol–water partition coefficient (Wildman–Crippen LogP) is 4.41. The van der Waals surface area contributed by atoms with Crippen molar-refractivity contribution < 1.29 is 4.79 Å². The number of hydrogen-bond donors (Lipinski definition) is 3. The number of nitrogens with zero attached hydrogens (tertiary/aromatic N) is 2. The number of benzene rings is 2. The molecule has 5 aromatic rings. The molecule has 138 valence electrons. The van der Waals surface area contributed by atoms with Crippen molar-refractivity contribution in [3.05, 3.63) is 69.9 Å². The normalized spacial score (nSPS) is 11.3. The van der Waals surface area contributed by atoms with E-state index in [-0.39, 0.29) is 5.91 Å². The fourth-order valence-corrected chi connectivity index (χ4v) is 4.10. The molecule has 0 saturated heterocycles. The number of amides is 1. The van der Waals surface area contributed by atoms with Crippen LogP contribution in [0, 0.1) is 6.92 Å². The highest BCUT2D eigenvalue weighted by Gasteiger charge is 2.14. The third kappa shape index (κ3) is 2.86. The van der Waals surface area contributed by atoms with Crippen LogP contribution >= 0.6 is 11.3 Å². The Labute approximate surface area is 164 Å². The first kappa shape index (κ1) is 16.7. The lowest BCUT2D eigenvalue weighted by Gasteiger charge is -2.04. The molecule has 3 N–H and O–H groups in total. The summed E-state index contributed by atoms with van der Waals surface area (Å²) in [6.07, 6.45) is 0. The molecule has 1 amide bonds. The Balaban J connectivity index is 1.43. The molecule has 7 heteroatoms. The van der Waals surface area contributed by atoms with Gasteiger partial charge in [0.25, 0.3) is 5.91 Å². The minimum Gasteiger partial charge on any atom is -0.347 e. The Bertz CT molecular complexity index is 1310. The highest BCUT2D eigenvalue weighted by molar-refractivity contribution is 7.10. The number of para-hydroxylation sites is 1. The summed E-state index contributed by atoms with van der Waals surface area (Å²) < 4.78 is 0. The molecule has 3 heterocycles. The van der Waals surface area contributed by atoms with Gasteiger partial charge in [0.1, 0.15) is 5.69 Å². The second kappa shape index (κ2) is 6.61. The van der Waals surface area contributed by atoms with E-state index in [4.69, 9.17) is 0 Å². The molecule has 5 rings (SSSR count). The quantitative estimate of drug-likeness (QED) is 0.427. The number of aromatic amines is 2. The van der Waals surface area contributed by atoms with E-state index in [0.717, 1.165) is 27.6 Å². The first-order valence-corrected chi connectivity index (χ1v) is 9.81. The molecule has 28 heavy (non-hydrogen) atoms. The summed E-state index contributed by atoms with van der Waals surface area (Å²) in [6, 6.07) is 15.5. The van der Waals surface area contributed by atoms with Gasteiger partial charge < -0.3 is 10.3 Å². The Morgan fingerprint density at radius 2 is 2.04 bits per heavy atom. The number of hydrogen-bond acceptors (Lipinski definition) is 4. The minimum atomic E-state index is -0.101. The fraction of sp³-hybridized carbons (Fsp3) is 0.0952. The number of imidazole rings is 1. The lowest BCUT2D eigenvalue weighted by Crippen LogP contribution is -2.22. The number of rotatable bonds is 4. The molecular formula is C21H17N5OS. The highest BCUT2D eigenvalue weighted by Crippen LogP contribution is 2.26. The average molecular weight is 387 g/mol. The number of thiophene rings is 1. The van der Waals surface area contributed by atoms with E-state index in [1.165, 1.54) is 10.4 Å². The molecule has 0 unspecified atom stereocenters. The Morgan fingerprint density at radius 3 is 2.89 bits per heavy atom. The van der Waals surface area contributed by atoms with Crippen LogP contribution in [0.1, 0.15) is 20.8 Å². The maximum absolute atomic E-state index is 12.5. The van der Waals surface area contributed by atoms with Gasteiger partial charge in [-0.2, -0.15) is 5.10 Å². The van der Waals surface area contributed by atoms with Crippen LogP contribution in [0.15, 0.2) is 53.9 Å². The van der Waals surface area contributed by atoms with Crippen LogP contribution in [0.4, 0.5) is 0 Å². The zero-order valence-electron chi connectivity index (χ0n) is 15.1. The van der Waals surface area contributed by atoms with E-state index in [9.17, 15) is 4.79 Å². The van der Waals surface area contributed by atoms with E-state index in [1.807, 2.05) is 41.8 Å². The highest BCUT2D eigenvalue weighted by atomic mass is 32.1. The molecule has 0 aliphatic carbocycles. The third-order valence-electron chi connectivity index (χ3n) is 4.82. The number of aromatic nitrogens is 4. The van der Waals surface area contributed by atoms with E-state index < -0.39 is 0 Å². The molecule has 0 fully saturated rings. The molecule has 0 radical (unpaired) electrons. The first-order chi connectivity index (χ1) is 13.7. The average Bonchev–Trinajstić information content (AvgIpc) is 3.42. The molecule has 0 atom stereocenters. The molecule has 3 aromatic heterocycles. The second-order valence-corrected chi connectivity index (χ2v) is 7.65. The van der Waals surface area contributed by atoms with Gasteiger partial charge in [0.05, 0.1) is 23.1 Å². The van der Waals surface area contributed by atoms with Gasteiger partial charge in [0.2, 0.25) is 0 Å². The van der Waals surface area contributed by atoms with E-state index in [2.05, 4.69) is 38.5 Å². The van der Waals surface area contributed by atoms with Crippen molar-refractivity contribution in [3.63, 3.8) is 0 Å². The lowest BCUT2D eigenvalue weighted by atomic mass is 10.2. The number of nitrogens with one attached hydrogen (secondary N) is 3. The second-order valence-electron chi connectivity index (χ2n) is 6.64. The maximum atomic E-state index is 12.5. The molecule has 2 aromatic carbocycles. The van der Waals surface area contributed by atoms with Gasteiger partial charge in [-0.3, -0.25) is 9.89 Å². The van der Waals surface area contributed by atoms with Gasteiger partial charge in [0.15, 0.2) is 5.82 Å². The summed E-state index contributed by atoms with van der Waals surface area (Å²) in [7, 11) is 0. The van der Waals surface area contributed by atoms with E-state index in [1.54, 1.807) is 17.4 Å². The van der Waals surface area contributed by atoms with Crippen LogP contribution in [-0.4, -0.2) is 26.1 Å². The Hall–Kier alpha value is -3.45. The molecule has 0 aliphatic rings. The first-order valence-electron chi connectivity index (χ1n) is 8.93. The standard InChI is InChI=1S/C21H17N5OS/c1-12-8-9-28-18(12)11-22-21(27)13-6-7-16-17(10-13)24-20(23-16)19-14-4-2-3-5-15(14)25-26-19/h2-10H,11H2,1H3,(H,22,27)(H,23,24)(H,25,26). The van der Waals surface area contributed by atoms with Gasteiger partial charge >= 0.3 is 0 Å². The number of carbonyl (C=O) groups is 1. The number of H-pyrrole nitrogens is 2. The zero-order valence-corrected chi connectivity index (χ0v) is 15.9. The zero-order chi connectivity index (χ0) is 19.1. The van der Waals surface area contributed by atoms with E-state index >= 15 is 0 Å². The summed E-state index contributed by atoms with van der Waals surface area (Å²) in [4.78, 5) is 21.6. The predicted molar refractivity (Wildman–Crippen MR) is 111 cm³/mol. The van der Waals surface area contributed by atoms with Gasteiger partial charge in [-0.25, -0.2) is 4.98 Å². The van der Waals surface area contributed by atoms with Crippen molar-refractivity contribution >= 4 is 39.2 Å². The maximum Gasteiger partial charge on any atom is 0.251 e. The van der Waals surface area contributed by atoms with Gasteiger partial charge in [-0.1, -0.05) is 18.2 Å². The SMILES string of the molecule is Cc1ccsc1CNC(=O)c1ccc2nc(-c3n[nH]c4ccccc34)[nH]c2c1. The van der Waals surface area contributed by atoms with Crippen LogP contribution < -0.4 is 5.32 Å². The molecule has 6 nitrogen and oxygen atoms in total. The molecular weight excluding hydrogens is 370 g/mol. The Kier molecular flexibility index (Phi) is 3.95. The topological polar surface area (TPSA) is 86.5 Å². The smallest absolute Gasteiger partial charge is 0.251 e. The van der Waals surface area contributed by atoms with Crippen LogP contribution in [0.3, 0.4) is 0 Å². The van der Waals surface area contributed by atoms with Gasteiger partial charge in [-0.15, -0.1) is 11.3 Å². The van der Waals surface area contributed by atoms with Crippen molar-refractivity contribution in [2.45, 2.75) is 13.5 Å². The third-order valence-corrected chi connectivity index (χ3v) is 5.84. The van der Waals surface area contributed by atoms with Crippen LogP contribution in [0.5, 0.6) is 0 Å². The summed E-state index contributed by atoms with van der Waals surface area (Å²) >= 11 is 1.65. The monoisotopic (exact) mass is 387 g/mol. The van der Waals surface area contributed by atoms with Crippen LogP contribution in [-0.2, 0) is 6.54 Å². The largest absolute Gasteiger partial charge is 0.347 e. The molecule has 0 aliphatic heterocycles. The van der Waals surface area contributed by atoms with Crippen molar-refractivity contribution in [1.29, 1.82) is 0 Å². The van der Waals surface area contributed by atoms with Crippen LogP contribution in [0.2, 0.25) is 0 Å². The van der Waals surface area contributed by atoms with Crippen molar-refractivity contribution in [2.24, 2.45) is 0 Å². The molecule has 0 bridgehead atoms. The fourth-order valence-electron chi connectivity index (χ4n) is 3.25. The summed E-state index contributed by atoms with van der Waals surface area (Å²) in [5.41, 5.74) is 5.14. The van der Waals surface area contributed by atoms with Crippen molar-refractivity contribution in [2.75, 3.05) is 0 Å². The summed E-state index contributed by atoms with van der Waals surface area (Å²) in [5, 5.41) is 13.4. The number of fused-ring (bicyclic) bond motifs is 2. The van der Waals surface area contributed by atoms with Gasteiger partial charge in [-0.05, 0) is 48.2 Å². The van der Waals surface area contributed by atoms with E-state index in [0.29, 0.717) is 17.9 Å². The van der Waals surface area contributed by atoms with Crippen LogP contribution in [0.25, 0.3) is 33.5 Å². The lowest BCUT2D eigenvalue weighted by molar-refractivity contribution is 0.0951. The Morgan fingerprint density at radius 1 is 1.14 bits per heavy atom. The summed E-state index contributed by atoms with van der Waals surface area (Å²) in [6.45, 7) is 2.59. The van der Waals surface area contributed by atoms with Crippen molar-refractivity contribution in [1.82, 2.24) is 25.5 Å².